The average molecular weight is 629 g/mol. The highest BCUT2D eigenvalue weighted by Gasteiger charge is 2.49. The lowest BCUT2D eigenvalue weighted by atomic mass is 9.95. The van der Waals surface area contributed by atoms with Gasteiger partial charge < -0.3 is 19.5 Å². The summed E-state index contributed by atoms with van der Waals surface area (Å²) >= 11 is 0. The predicted molar refractivity (Wildman–Crippen MR) is 165 cm³/mol. The molecule has 2 aromatic heterocycles. The van der Waals surface area contributed by atoms with Gasteiger partial charge in [0.05, 0.1) is 35.1 Å². The number of phenols is 1. The fraction of sp³-hybridized carbons (Fsp3) is 0.412. The maximum absolute atomic E-state index is 16.8. The lowest BCUT2D eigenvalue weighted by molar-refractivity contribution is 0.0722. The summed E-state index contributed by atoms with van der Waals surface area (Å²) in [5.74, 6) is 1.02. The van der Waals surface area contributed by atoms with Gasteiger partial charge in [-0.05, 0) is 49.4 Å². The van der Waals surface area contributed by atoms with Crippen molar-refractivity contribution in [3.8, 4) is 41.4 Å². The van der Waals surface area contributed by atoms with Crippen LogP contribution in [0.15, 0.2) is 30.5 Å². The Morgan fingerprint density at radius 3 is 2.87 bits per heavy atom. The second kappa shape index (κ2) is 11.9. The van der Waals surface area contributed by atoms with Crippen molar-refractivity contribution in [3.05, 3.63) is 47.7 Å². The Labute approximate surface area is 263 Å². The minimum Gasteiger partial charge on any atom is -0.508 e. The first-order valence-electron chi connectivity index (χ1n) is 15.3. The zero-order chi connectivity index (χ0) is 32.0. The van der Waals surface area contributed by atoms with Gasteiger partial charge in [-0.3, -0.25) is 9.88 Å². The number of phenolic OH excluding ortho intramolecular Hbond substituents is 1. The molecular weight excluding hydrogens is 597 g/mol. The molecule has 0 unspecified atom stereocenters. The Morgan fingerprint density at radius 1 is 1.17 bits per heavy atom. The zero-order valence-corrected chi connectivity index (χ0v) is 25.0. The molecule has 0 radical (unpaired) electrons. The van der Waals surface area contributed by atoms with E-state index in [1.807, 2.05) is 4.90 Å². The van der Waals surface area contributed by atoms with Gasteiger partial charge in [0.2, 0.25) is 0 Å². The van der Waals surface area contributed by atoms with E-state index in [0.29, 0.717) is 55.7 Å². The van der Waals surface area contributed by atoms with Crippen molar-refractivity contribution in [2.24, 2.45) is 0 Å². The van der Waals surface area contributed by atoms with Crippen LogP contribution in [-0.2, 0) is 4.74 Å². The van der Waals surface area contributed by atoms with E-state index < -0.39 is 23.3 Å². The lowest BCUT2D eigenvalue weighted by Gasteiger charge is -2.31. The van der Waals surface area contributed by atoms with E-state index in [4.69, 9.17) is 20.9 Å². The molecule has 3 saturated heterocycles. The van der Waals surface area contributed by atoms with Crippen LogP contribution in [0.1, 0.15) is 37.7 Å². The third-order valence-electron chi connectivity index (χ3n) is 9.29. The first-order chi connectivity index (χ1) is 22.3. The zero-order valence-electron chi connectivity index (χ0n) is 25.0. The number of halogens is 3. The van der Waals surface area contributed by atoms with Crippen LogP contribution >= 0.6 is 0 Å². The number of hydrogen-bond acceptors (Lipinski definition) is 9. The molecule has 9 nitrogen and oxygen atoms in total. The Bertz CT molecular complexity index is 1930. The first-order valence-corrected chi connectivity index (χ1v) is 15.3. The van der Waals surface area contributed by atoms with Crippen molar-refractivity contribution in [1.29, 1.82) is 5.26 Å². The topological polar surface area (TPSA) is 108 Å². The largest absolute Gasteiger partial charge is 0.508 e. The molecule has 3 aliphatic rings. The van der Waals surface area contributed by atoms with Gasteiger partial charge in [-0.2, -0.15) is 15.2 Å². The van der Waals surface area contributed by atoms with Crippen LogP contribution in [0, 0.1) is 35.3 Å². The Kier molecular flexibility index (Phi) is 7.79. The van der Waals surface area contributed by atoms with Gasteiger partial charge in [0.1, 0.15) is 41.4 Å². The average Bonchev–Trinajstić information content (AvgIpc) is 3.46. The van der Waals surface area contributed by atoms with E-state index in [-0.39, 0.29) is 58.6 Å². The molecule has 3 fully saturated rings. The molecule has 0 amide bonds. The highest BCUT2D eigenvalue weighted by atomic mass is 19.1. The fourth-order valence-electron chi connectivity index (χ4n) is 7.23. The lowest BCUT2D eigenvalue weighted by Crippen LogP contribution is -2.43. The summed E-state index contributed by atoms with van der Waals surface area (Å²) in [6, 6.07) is 7.42. The summed E-state index contributed by atoms with van der Waals surface area (Å²) in [7, 11) is 0. The molecule has 1 N–H and O–H groups in total. The SMILES string of the molecule is C#Cc1c(F)ccc2cc(O)cc(-c3ncc4c(N5CCCO[C@H](CC#N)C5)nc(OC[C@@]56CCCN5C[C@H](F)C6)nc4c3F)c12. The summed E-state index contributed by atoms with van der Waals surface area (Å²) in [6.45, 7) is 2.56. The van der Waals surface area contributed by atoms with Crippen molar-refractivity contribution in [2.45, 2.75) is 49.9 Å². The van der Waals surface area contributed by atoms with Gasteiger partial charge in [-0.25, -0.2) is 13.2 Å². The van der Waals surface area contributed by atoms with Crippen LogP contribution in [0.25, 0.3) is 32.9 Å². The summed E-state index contributed by atoms with van der Waals surface area (Å²) in [5.41, 5.74) is -0.758. The number of hydrogen-bond donors (Lipinski definition) is 1. The van der Waals surface area contributed by atoms with Gasteiger partial charge in [-0.15, -0.1) is 6.42 Å². The van der Waals surface area contributed by atoms with Crippen molar-refractivity contribution in [1.82, 2.24) is 19.9 Å². The number of nitrogens with zero attached hydrogens (tertiary/aromatic N) is 6. The van der Waals surface area contributed by atoms with Gasteiger partial charge in [0, 0.05) is 49.8 Å². The van der Waals surface area contributed by atoms with Crippen LogP contribution in [-0.4, -0.2) is 82.2 Å². The number of aromatic hydroxyl groups is 1. The Balaban J connectivity index is 1.38. The number of terminal acetylenes is 1. The highest BCUT2D eigenvalue weighted by Crippen LogP contribution is 2.42. The molecule has 0 spiro atoms. The molecule has 4 aromatic rings. The summed E-state index contributed by atoms with van der Waals surface area (Å²) < 4.78 is 58.1. The number of anilines is 1. The second-order valence-corrected chi connectivity index (χ2v) is 12.2. The Morgan fingerprint density at radius 2 is 2.04 bits per heavy atom. The second-order valence-electron chi connectivity index (χ2n) is 12.2. The van der Waals surface area contributed by atoms with Crippen LogP contribution < -0.4 is 9.64 Å². The number of nitriles is 1. The molecule has 5 heterocycles. The van der Waals surface area contributed by atoms with E-state index in [9.17, 15) is 19.1 Å². The normalized spacial score (nSPS) is 23.3. The maximum atomic E-state index is 16.8. The van der Waals surface area contributed by atoms with E-state index in [0.717, 1.165) is 19.4 Å². The molecule has 3 atom stereocenters. The minimum atomic E-state index is -0.952. The molecule has 236 valence electrons. The van der Waals surface area contributed by atoms with Crippen molar-refractivity contribution in [3.63, 3.8) is 0 Å². The number of benzene rings is 2. The van der Waals surface area contributed by atoms with Gasteiger partial charge in [-0.1, -0.05) is 12.0 Å². The molecule has 0 saturated carbocycles. The van der Waals surface area contributed by atoms with Crippen molar-refractivity contribution < 1.29 is 27.8 Å². The monoisotopic (exact) mass is 628 g/mol. The maximum Gasteiger partial charge on any atom is 0.319 e. The third-order valence-corrected chi connectivity index (χ3v) is 9.29. The quantitative estimate of drug-likeness (QED) is 0.286. The van der Waals surface area contributed by atoms with E-state index in [1.54, 1.807) is 0 Å². The first kappa shape index (κ1) is 30.0. The number of fused-ring (bicyclic) bond motifs is 3. The minimum absolute atomic E-state index is 0.0831. The van der Waals surface area contributed by atoms with E-state index in [1.165, 1.54) is 30.5 Å². The van der Waals surface area contributed by atoms with Crippen LogP contribution in [0.3, 0.4) is 0 Å². The number of rotatable bonds is 6. The van der Waals surface area contributed by atoms with Crippen molar-refractivity contribution >= 4 is 27.5 Å². The number of pyridine rings is 1. The van der Waals surface area contributed by atoms with Crippen LogP contribution in [0.2, 0.25) is 0 Å². The standard InChI is InChI=1S/C34H31F3N6O3/c1-2-24-27(36)6-5-20-13-22(44)14-25(28(20)24)30-29(37)31-26(16-39-30)32(42-10-4-12-45-23(18-42)7-9-38)41-33(40-31)46-19-34-8-3-11-43(34)17-21(35)15-34/h1,5-6,13-14,16,21,23,44H,3-4,7-8,10-12,15,17-19H2/t21-,23-,34+/m1/s1. The molecule has 0 aliphatic carbocycles. The van der Waals surface area contributed by atoms with Gasteiger partial charge >= 0.3 is 6.01 Å². The summed E-state index contributed by atoms with van der Waals surface area (Å²) in [4.78, 5) is 17.7. The summed E-state index contributed by atoms with van der Waals surface area (Å²) in [6.07, 6.45) is 8.61. The molecule has 2 aromatic carbocycles. The molecule has 7 rings (SSSR count). The van der Waals surface area contributed by atoms with E-state index in [2.05, 4.69) is 26.9 Å². The summed E-state index contributed by atoms with van der Waals surface area (Å²) in [5, 5.41) is 20.8. The molecule has 3 aliphatic heterocycles. The van der Waals surface area contributed by atoms with Crippen LogP contribution in [0.5, 0.6) is 11.8 Å². The molecule has 12 heteroatoms. The molecule has 0 bridgehead atoms. The molecule has 46 heavy (non-hydrogen) atoms. The smallest absolute Gasteiger partial charge is 0.319 e. The highest BCUT2D eigenvalue weighted by molar-refractivity contribution is 6.03. The fourth-order valence-corrected chi connectivity index (χ4v) is 7.23. The predicted octanol–water partition coefficient (Wildman–Crippen LogP) is 5.27. The van der Waals surface area contributed by atoms with Gasteiger partial charge in [0.25, 0.3) is 0 Å². The van der Waals surface area contributed by atoms with E-state index >= 15 is 4.39 Å². The van der Waals surface area contributed by atoms with Crippen molar-refractivity contribution in [2.75, 3.05) is 44.3 Å². The third kappa shape index (κ3) is 5.21. The molecular formula is C34H31F3N6O3. The van der Waals surface area contributed by atoms with Gasteiger partial charge in [0.15, 0.2) is 5.82 Å². The number of ether oxygens (including phenoxy) is 2. The number of aromatic nitrogens is 3. The number of alkyl halides is 1. The van der Waals surface area contributed by atoms with Crippen LogP contribution in [0.4, 0.5) is 19.0 Å². The Hall–Kier alpha value is -4.65.